The zero-order valence-electron chi connectivity index (χ0n) is 18.0. The smallest absolute Gasteiger partial charge is 0.224 e. The highest BCUT2D eigenvalue weighted by Crippen LogP contribution is 2.17. The second-order valence-corrected chi connectivity index (χ2v) is 7.75. The average molecular weight is 423 g/mol. The highest BCUT2D eigenvalue weighted by atomic mass is 16.5. The molecule has 2 aromatic carbocycles. The quantitative estimate of drug-likeness (QED) is 0.573. The Labute approximate surface area is 183 Å². The zero-order chi connectivity index (χ0) is 21.5. The largest absolute Gasteiger partial charge is 0.497 e. The monoisotopic (exact) mass is 422 g/mol. The summed E-state index contributed by atoms with van der Waals surface area (Å²) >= 11 is 0. The van der Waals surface area contributed by atoms with Crippen molar-refractivity contribution in [2.75, 3.05) is 46.5 Å². The predicted molar refractivity (Wildman–Crippen MR) is 120 cm³/mol. The number of nitrogens with one attached hydrogen (secondary N) is 1. The number of benzene rings is 2. The molecule has 7 nitrogen and oxygen atoms in total. The number of imidazole rings is 1. The number of amides is 1. The second-order valence-electron chi connectivity index (χ2n) is 7.75. The summed E-state index contributed by atoms with van der Waals surface area (Å²) in [5, 5.41) is 3.03. The van der Waals surface area contributed by atoms with E-state index in [0.29, 0.717) is 19.4 Å². The first kappa shape index (κ1) is 21.3. The number of methoxy groups -OCH3 is 1. The van der Waals surface area contributed by atoms with Gasteiger partial charge in [0.1, 0.15) is 11.6 Å². The molecular formula is C24H30N4O3. The van der Waals surface area contributed by atoms with Crippen molar-refractivity contribution in [1.82, 2.24) is 19.8 Å². The summed E-state index contributed by atoms with van der Waals surface area (Å²) in [5.41, 5.74) is 3.12. The first-order valence-electron chi connectivity index (χ1n) is 10.9. The molecule has 0 unspecified atom stereocenters. The maximum atomic E-state index is 12.4. The molecule has 1 N–H and O–H groups in total. The number of hydrogen-bond acceptors (Lipinski definition) is 5. The van der Waals surface area contributed by atoms with Crippen LogP contribution in [0.15, 0.2) is 48.5 Å². The lowest BCUT2D eigenvalue weighted by Gasteiger charge is -2.27. The lowest BCUT2D eigenvalue weighted by atomic mass is 10.1. The van der Waals surface area contributed by atoms with Crippen LogP contribution in [0.25, 0.3) is 11.0 Å². The highest BCUT2D eigenvalue weighted by Gasteiger charge is 2.14. The Morgan fingerprint density at radius 3 is 2.65 bits per heavy atom. The Morgan fingerprint density at radius 2 is 1.87 bits per heavy atom. The molecule has 1 aliphatic heterocycles. The van der Waals surface area contributed by atoms with Crippen molar-refractivity contribution in [1.29, 1.82) is 0 Å². The van der Waals surface area contributed by atoms with Crippen molar-refractivity contribution in [3.8, 4) is 5.75 Å². The van der Waals surface area contributed by atoms with Crippen molar-refractivity contribution < 1.29 is 14.3 Å². The van der Waals surface area contributed by atoms with Gasteiger partial charge in [-0.25, -0.2) is 4.98 Å². The first-order valence-corrected chi connectivity index (χ1v) is 10.9. The number of nitrogens with zero attached hydrogens (tertiary/aromatic N) is 3. The van der Waals surface area contributed by atoms with E-state index in [1.54, 1.807) is 7.11 Å². The molecule has 4 rings (SSSR count). The Kier molecular flexibility index (Phi) is 7.17. The van der Waals surface area contributed by atoms with Gasteiger partial charge in [0.15, 0.2) is 0 Å². The fourth-order valence-corrected chi connectivity index (χ4v) is 3.94. The normalized spacial score (nSPS) is 14.6. The van der Waals surface area contributed by atoms with Crippen LogP contribution in [0.3, 0.4) is 0 Å². The van der Waals surface area contributed by atoms with E-state index in [1.165, 1.54) is 0 Å². The van der Waals surface area contributed by atoms with Crippen molar-refractivity contribution in [3.63, 3.8) is 0 Å². The van der Waals surface area contributed by atoms with E-state index in [-0.39, 0.29) is 5.91 Å². The summed E-state index contributed by atoms with van der Waals surface area (Å²) in [6, 6.07) is 15.8. The Balaban J connectivity index is 1.35. The average Bonchev–Trinajstić information content (AvgIpc) is 3.16. The third kappa shape index (κ3) is 5.62. The molecule has 31 heavy (non-hydrogen) atoms. The second kappa shape index (κ2) is 10.4. The molecule has 0 saturated carbocycles. The van der Waals surface area contributed by atoms with Gasteiger partial charge in [0, 0.05) is 39.1 Å². The summed E-state index contributed by atoms with van der Waals surface area (Å²) in [4.78, 5) is 19.6. The lowest BCUT2D eigenvalue weighted by Crippen LogP contribution is -2.38. The molecule has 1 aliphatic rings. The number of ether oxygens (including phenoxy) is 2. The van der Waals surface area contributed by atoms with E-state index >= 15 is 0 Å². The fourth-order valence-electron chi connectivity index (χ4n) is 3.94. The number of carbonyl (C=O) groups excluding carboxylic acids is 1. The van der Waals surface area contributed by atoms with Crippen LogP contribution in [0.1, 0.15) is 11.4 Å². The third-order valence-corrected chi connectivity index (χ3v) is 5.67. The molecule has 0 aliphatic carbocycles. The van der Waals surface area contributed by atoms with Crippen molar-refractivity contribution in [3.05, 3.63) is 59.9 Å². The molecule has 0 atom stereocenters. The van der Waals surface area contributed by atoms with Gasteiger partial charge in [-0.2, -0.15) is 0 Å². The van der Waals surface area contributed by atoms with Crippen LogP contribution in [0.2, 0.25) is 0 Å². The Hall–Kier alpha value is -2.90. The fraction of sp³-hybridized carbons (Fsp3) is 0.417. The summed E-state index contributed by atoms with van der Waals surface area (Å²) in [6.45, 7) is 5.98. The molecule has 1 aromatic heterocycles. The highest BCUT2D eigenvalue weighted by molar-refractivity contribution is 5.78. The van der Waals surface area contributed by atoms with Gasteiger partial charge in [-0.05, 0) is 29.8 Å². The van der Waals surface area contributed by atoms with Crippen molar-refractivity contribution in [2.45, 2.75) is 19.4 Å². The van der Waals surface area contributed by atoms with Gasteiger partial charge >= 0.3 is 0 Å². The number of fused-ring (bicyclic) bond motifs is 1. The SMILES string of the molecule is COc1ccc(CC(=O)NCCc2nc3ccccc3n2CCN2CCOCC2)cc1. The molecule has 0 spiro atoms. The lowest BCUT2D eigenvalue weighted by molar-refractivity contribution is -0.120. The molecule has 3 aromatic rings. The molecule has 0 radical (unpaired) electrons. The molecule has 2 heterocycles. The summed E-state index contributed by atoms with van der Waals surface area (Å²) in [6.07, 6.45) is 1.06. The summed E-state index contributed by atoms with van der Waals surface area (Å²) in [5.74, 6) is 1.82. The minimum atomic E-state index is 0.0149. The third-order valence-electron chi connectivity index (χ3n) is 5.67. The molecular weight excluding hydrogens is 392 g/mol. The number of morpholine rings is 1. The van der Waals surface area contributed by atoms with Crippen LogP contribution in [0, 0.1) is 0 Å². The minimum Gasteiger partial charge on any atom is -0.497 e. The summed E-state index contributed by atoms with van der Waals surface area (Å²) in [7, 11) is 1.63. The number of rotatable bonds is 9. The molecule has 164 valence electrons. The van der Waals surface area contributed by atoms with Crippen molar-refractivity contribution in [2.24, 2.45) is 0 Å². The van der Waals surface area contributed by atoms with Gasteiger partial charge in [-0.15, -0.1) is 0 Å². The predicted octanol–water partition coefficient (Wildman–Crippen LogP) is 2.28. The van der Waals surface area contributed by atoms with Crippen LogP contribution in [0.4, 0.5) is 0 Å². The van der Waals surface area contributed by atoms with E-state index in [0.717, 1.165) is 67.6 Å². The van der Waals surface area contributed by atoms with Crippen LogP contribution in [-0.4, -0.2) is 66.9 Å². The van der Waals surface area contributed by atoms with Gasteiger partial charge in [-0.1, -0.05) is 24.3 Å². The van der Waals surface area contributed by atoms with Crippen molar-refractivity contribution >= 4 is 16.9 Å². The van der Waals surface area contributed by atoms with Gasteiger partial charge in [-0.3, -0.25) is 9.69 Å². The number of carbonyl (C=O) groups is 1. The van der Waals surface area contributed by atoms with E-state index in [4.69, 9.17) is 14.5 Å². The van der Waals surface area contributed by atoms with Gasteiger partial charge in [0.2, 0.25) is 5.91 Å². The molecule has 1 fully saturated rings. The Bertz CT molecular complexity index is 994. The zero-order valence-corrected chi connectivity index (χ0v) is 18.0. The topological polar surface area (TPSA) is 68.6 Å². The van der Waals surface area contributed by atoms with E-state index in [1.807, 2.05) is 36.4 Å². The van der Waals surface area contributed by atoms with Gasteiger partial charge in [0.25, 0.3) is 0 Å². The molecule has 0 bridgehead atoms. The van der Waals surface area contributed by atoms with Gasteiger partial charge in [0.05, 0.1) is 37.8 Å². The molecule has 1 amide bonds. The first-order chi connectivity index (χ1) is 15.2. The van der Waals surface area contributed by atoms with Crippen LogP contribution in [-0.2, 0) is 28.9 Å². The number of hydrogen-bond donors (Lipinski definition) is 1. The summed E-state index contributed by atoms with van der Waals surface area (Å²) < 4.78 is 12.9. The molecule has 1 saturated heterocycles. The Morgan fingerprint density at radius 1 is 1.10 bits per heavy atom. The maximum absolute atomic E-state index is 12.4. The molecule has 7 heteroatoms. The van der Waals surface area contributed by atoms with Crippen LogP contribution < -0.4 is 10.1 Å². The van der Waals surface area contributed by atoms with E-state index in [2.05, 4.69) is 26.9 Å². The minimum absolute atomic E-state index is 0.0149. The van der Waals surface area contributed by atoms with Crippen LogP contribution >= 0.6 is 0 Å². The van der Waals surface area contributed by atoms with E-state index < -0.39 is 0 Å². The number of para-hydroxylation sites is 2. The standard InChI is InChI=1S/C24H30N4O3/c1-30-20-8-6-19(7-9-20)18-24(29)25-11-10-23-26-21-4-2-3-5-22(21)28(23)13-12-27-14-16-31-17-15-27/h2-9H,10-18H2,1H3,(H,25,29). The van der Waals surface area contributed by atoms with Gasteiger partial charge < -0.3 is 19.4 Å². The van der Waals surface area contributed by atoms with E-state index in [9.17, 15) is 4.79 Å². The van der Waals surface area contributed by atoms with Crippen LogP contribution in [0.5, 0.6) is 5.75 Å². The number of aromatic nitrogens is 2. The maximum Gasteiger partial charge on any atom is 0.224 e.